The number of para-hydroxylation sites is 3. The smallest absolute Gasteiger partial charge is 0.164 e. The first-order valence-electron chi connectivity index (χ1n) is 20.9. The van der Waals surface area contributed by atoms with Gasteiger partial charge in [-0.3, -0.25) is 0 Å². The van der Waals surface area contributed by atoms with Gasteiger partial charge in [0.2, 0.25) is 0 Å². The molecule has 62 heavy (non-hydrogen) atoms. The Kier molecular flexibility index (Phi) is 8.42. The third kappa shape index (κ3) is 5.98. The molecular formula is C57H36N4O. The first kappa shape index (κ1) is 35.5. The normalized spacial score (nSPS) is 11.5. The fraction of sp³-hybridized carbons (Fsp3) is 0. The molecule has 0 unspecified atom stereocenters. The molecule has 0 aliphatic rings. The van der Waals surface area contributed by atoms with Gasteiger partial charge in [-0.15, -0.1) is 0 Å². The Bertz CT molecular complexity index is 3570. The second-order valence-electron chi connectivity index (χ2n) is 15.5. The third-order valence-corrected chi connectivity index (χ3v) is 11.9. The molecule has 3 aromatic heterocycles. The SMILES string of the molecule is c1ccc(-c2ccc(-c3cccc(-c4nc(-c5ccccc5)nc(-c5cccc6oc7cccc(-c8ccccc8-n8c9ccccc9c9ccccc98)c7c56)n4)c3)cc2)cc1. The van der Waals surface area contributed by atoms with Crippen molar-refractivity contribution in [1.82, 2.24) is 19.5 Å². The van der Waals surface area contributed by atoms with E-state index in [1.165, 1.54) is 21.9 Å². The van der Waals surface area contributed by atoms with Crippen molar-refractivity contribution in [3.63, 3.8) is 0 Å². The summed E-state index contributed by atoms with van der Waals surface area (Å²) in [5.74, 6) is 1.77. The van der Waals surface area contributed by atoms with Crippen molar-refractivity contribution in [2.45, 2.75) is 0 Å². The topological polar surface area (TPSA) is 56.7 Å². The maximum Gasteiger partial charge on any atom is 0.164 e. The average Bonchev–Trinajstić information content (AvgIpc) is 3.91. The van der Waals surface area contributed by atoms with Crippen molar-refractivity contribution in [2.24, 2.45) is 0 Å². The molecule has 12 rings (SSSR count). The second kappa shape index (κ2) is 14.7. The standard InChI is InChI=1S/C57H36N4O/c1-3-16-37(17-4-1)38-32-34-39(35-33-38)41-20-13-21-42(36-41)56-58-55(40-18-5-2-6-19-40)59-57(60-56)47-26-15-31-52-54(47)53-46(25-14-30-51(53)62-52)45-24-9-12-29-50(45)61-48-27-10-7-22-43(48)44-23-8-11-28-49(44)61/h1-36H. The molecule has 0 radical (unpaired) electrons. The van der Waals surface area contributed by atoms with E-state index in [9.17, 15) is 0 Å². The lowest BCUT2D eigenvalue weighted by atomic mass is 9.95. The summed E-state index contributed by atoms with van der Waals surface area (Å²) in [5.41, 5.74) is 14.4. The summed E-state index contributed by atoms with van der Waals surface area (Å²) < 4.78 is 9.09. The van der Waals surface area contributed by atoms with Crippen LogP contribution in [-0.4, -0.2) is 19.5 Å². The quantitative estimate of drug-likeness (QED) is 0.161. The molecule has 5 heteroatoms. The molecular weight excluding hydrogens is 757 g/mol. The van der Waals surface area contributed by atoms with Crippen LogP contribution in [-0.2, 0) is 0 Å². The average molecular weight is 793 g/mol. The largest absolute Gasteiger partial charge is 0.456 e. The maximum atomic E-state index is 6.70. The van der Waals surface area contributed by atoms with Crippen LogP contribution in [0.15, 0.2) is 223 Å². The van der Waals surface area contributed by atoms with Gasteiger partial charge >= 0.3 is 0 Å². The maximum absolute atomic E-state index is 6.70. The zero-order valence-corrected chi connectivity index (χ0v) is 33.5. The summed E-state index contributed by atoms with van der Waals surface area (Å²) in [6, 6.07) is 76.2. The van der Waals surface area contributed by atoms with E-state index < -0.39 is 0 Å². The second-order valence-corrected chi connectivity index (χ2v) is 15.5. The number of fused-ring (bicyclic) bond motifs is 6. The van der Waals surface area contributed by atoms with Gasteiger partial charge < -0.3 is 8.98 Å². The minimum absolute atomic E-state index is 0.574. The molecule has 0 N–H and O–H groups in total. The Morgan fingerprint density at radius 2 is 0.758 bits per heavy atom. The number of aromatic nitrogens is 4. The lowest BCUT2D eigenvalue weighted by Crippen LogP contribution is -2.00. The van der Waals surface area contributed by atoms with E-state index in [-0.39, 0.29) is 0 Å². The van der Waals surface area contributed by atoms with E-state index in [2.05, 4.69) is 174 Å². The lowest BCUT2D eigenvalue weighted by molar-refractivity contribution is 0.669. The van der Waals surface area contributed by atoms with Gasteiger partial charge in [0.25, 0.3) is 0 Å². The fourth-order valence-corrected chi connectivity index (χ4v) is 9.02. The molecule has 0 aliphatic carbocycles. The van der Waals surface area contributed by atoms with E-state index in [1.807, 2.05) is 48.5 Å². The van der Waals surface area contributed by atoms with Gasteiger partial charge in [-0.1, -0.05) is 182 Å². The highest BCUT2D eigenvalue weighted by Crippen LogP contribution is 2.44. The Morgan fingerprint density at radius 1 is 0.306 bits per heavy atom. The number of benzene rings is 9. The van der Waals surface area contributed by atoms with Crippen LogP contribution in [0, 0.1) is 0 Å². The molecule has 0 atom stereocenters. The molecule has 290 valence electrons. The van der Waals surface area contributed by atoms with E-state index >= 15 is 0 Å². The Labute approximate surface area is 357 Å². The first-order valence-corrected chi connectivity index (χ1v) is 20.9. The zero-order chi connectivity index (χ0) is 41.0. The van der Waals surface area contributed by atoms with Crippen molar-refractivity contribution in [3.05, 3.63) is 218 Å². The van der Waals surface area contributed by atoms with Crippen LogP contribution in [0.4, 0.5) is 0 Å². The predicted molar refractivity (Wildman–Crippen MR) is 254 cm³/mol. The molecule has 5 nitrogen and oxygen atoms in total. The van der Waals surface area contributed by atoms with E-state index in [0.29, 0.717) is 17.5 Å². The van der Waals surface area contributed by atoms with Gasteiger partial charge in [0, 0.05) is 43.8 Å². The highest BCUT2D eigenvalue weighted by Gasteiger charge is 2.22. The predicted octanol–water partition coefficient (Wildman–Crippen LogP) is 14.9. The van der Waals surface area contributed by atoms with E-state index in [4.69, 9.17) is 19.4 Å². The van der Waals surface area contributed by atoms with E-state index in [0.717, 1.165) is 77.6 Å². The number of hydrogen-bond acceptors (Lipinski definition) is 4. The minimum Gasteiger partial charge on any atom is -0.456 e. The summed E-state index contributed by atoms with van der Waals surface area (Å²) in [6.45, 7) is 0. The van der Waals surface area contributed by atoms with Gasteiger partial charge in [-0.2, -0.15) is 0 Å². The van der Waals surface area contributed by atoms with Crippen LogP contribution in [0.25, 0.3) is 117 Å². The summed E-state index contributed by atoms with van der Waals surface area (Å²) in [7, 11) is 0. The molecule has 0 spiro atoms. The van der Waals surface area contributed by atoms with Gasteiger partial charge in [-0.05, 0) is 64.2 Å². The van der Waals surface area contributed by atoms with Crippen molar-refractivity contribution in [1.29, 1.82) is 0 Å². The number of rotatable bonds is 7. The zero-order valence-electron chi connectivity index (χ0n) is 33.5. The molecule has 0 amide bonds. The monoisotopic (exact) mass is 792 g/mol. The first-order chi connectivity index (χ1) is 30.7. The van der Waals surface area contributed by atoms with E-state index in [1.54, 1.807) is 0 Å². The van der Waals surface area contributed by atoms with Gasteiger partial charge in [0.15, 0.2) is 17.5 Å². The van der Waals surface area contributed by atoms with Crippen LogP contribution < -0.4 is 0 Å². The molecule has 0 saturated heterocycles. The van der Waals surface area contributed by atoms with Crippen molar-refractivity contribution in [3.8, 4) is 73.2 Å². The highest BCUT2D eigenvalue weighted by molar-refractivity contribution is 6.18. The third-order valence-electron chi connectivity index (χ3n) is 11.9. The van der Waals surface area contributed by atoms with Gasteiger partial charge in [-0.25, -0.2) is 15.0 Å². The van der Waals surface area contributed by atoms with Gasteiger partial charge in [0.05, 0.1) is 16.7 Å². The van der Waals surface area contributed by atoms with Crippen molar-refractivity contribution < 1.29 is 4.42 Å². The minimum atomic E-state index is 0.574. The van der Waals surface area contributed by atoms with Crippen LogP contribution in [0.1, 0.15) is 0 Å². The molecule has 0 saturated carbocycles. The van der Waals surface area contributed by atoms with Crippen molar-refractivity contribution >= 4 is 43.7 Å². The molecule has 0 aliphatic heterocycles. The fourth-order valence-electron chi connectivity index (χ4n) is 9.02. The van der Waals surface area contributed by atoms with Crippen LogP contribution in [0.3, 0.4) is 0 Å². The Hall–Kier alpha value is -8.41. The van der Waals surface area contributed by atoms with Crippen molar-refractivity contribution in [2.75, 3.05) is 0 Å². The summed E-state index contributed by atoms with van der Waals surface area (Å²) in [6.07, 6.45) is 0. The molecule has 3 heterocycles. The van der Waals surface area contributed by atoms with Crippen LogP contribution in [0.2, 0.25) is 0 Å². The summed E-state index contributed by atoms with van der Waals surface area (Å²) in [4.78, 5) is 15.6. The molecule has 12 aromatic rings. The molecule has 0 bridgehead atoms. The Balaban J connectivity index is 1.04. The Morgan fingerprint density at radius 3 is 1.45 bits per heavy atom. The van der Waals surface area contributed by atoms with Crippen LogP contribution in [0.5, 0.6) is 0 Å². The summed E-state index contributed by atoms with van der Waals surface area (Å²) in [5, 5.41) is 4.41. The number of furan rings is 1. The molecule has 9 aromatic carbocycles. The number of nitrogens with zero attached hydrogens (tertiary/aromatic N) is 4. The number of hydrogen-bond donors (Lipinski definition) is 0. The lowest BCUT2D eigenvalue weighted by Gasteiger charge is -2.15. The van der Waals surface area contributed by atoms with Gasteiger partial charge in [0.1, 0.15) is 11.2 Å². The molecule has 0 fully saturated rings. The highest BCUT2D eigenvalue weighted by atomic mass is 16.3. The van der Waals surface area contributed by atoms with Crippen LogP contribution >= 0.6 is 0 Å². The summed E-state index contributed by atoms with van der Waals surface area (Å²) >= 11 is 0.